The second kappa shape index (κ2) is 5.08. The van der Waals surface area contributed by atoms with Gasteiger partial charge in [0, 0.05) is 18.0 Å². The van der Waals surface area contributed by atoms with Gasteiger partial charge in [-0.05, 0) is 19.0 Å². The summed E-state index contributed by atoms with van der Waals surface area (Å²) in [6.45, 7) is 5.11. The minimum absolute atomic E-state index is 0.573. The van der Waals surface area contributed by atoms with Crippen LogP contribution in [0.5, 0.6) is 0 Å². The Morgan fingerprint density at radius 3 is 2.90 bits per heavy atom. The Hall–Kier alpha value is -1.44. The third-order valence-electron chi connectivity index (χ3n) is 4.27. The fourth-order valence-electron chi connectivity index (χ4n) is 3.11. The highest BCUT2D eigenvalue weighted by Gasteiger charge is 2.22. The predicted molar refractivity (Wildman–Crippen MR) is 82.3 cm³/mol. The third kappa shape index (κ3) is 2.16. The normalized spacial score (nSPS) is 20.0. The first-order valence-electron chi connectivity index (χ1n) is 7.32. The molecule has 1 N–H and O–H groups in total. The zero-order valence-corrected chi connectivity index (χ0v) is 12.9. The lowest BCUT2D eigenvalue weighted by Gasteiger charge is -2.30. The molecule has 0 spiro atoms. The molecule has 2 aliphatic rings. The second-order valence-electron chi connectivity index (χ2n) is 5.68. The Balaban J connectivity index is 1.84. The summed E-state index contributed by atoms with van der Waals surface area (Å²) in [6, 6.07) is 0. The van der Waals surface area contributed by atoms with Crippen LogP contribution in [-0.4, -0.2) is 54.5 Å². The summed E-state index contributed by atoms with van der Waals surface area (Å²) in [4.78, 5) is 9.32. The first-order chi connectivity index (χ1) is 10.2. The van der Waals surface area contributed by atoms with Gasteiger partial charge < -0.3 is 14.6 Å². The fraction of sp³-hybridized carbons (Fsp3) is 0.571. The van der Waals surface area contributed by atoms with E-state index in [0.717, 1.165) is 56.0 Å². The predicted octanol–water partition coefficient (Wildman–Crippen LogP) is 0.533. The van der Waals surface area contributed by atoms with Crippen LogP contribution in [0.15, 0.2) is 6.33 Å². The molecule has 2 aliphatic heterocycles. The van der Waals surface area contributed by atoms with Crippen LogP contribution in [0.4, 0.5) is 0 Å². The molecule has 2 aromatic rings. The van der Waals surface area contributed by atoms with Crippen molar-refractivity contribution >= 4 is 21.6 Å². The fourth-order valence-corrected chi connectivity index (χ4v) is 4.38. The molecule has 0 atom stereocenters. The maximum Gasteiger partial charge on any atom is 0.156 e. The molecule has 4 rings (SSSR count). The van der Waals surface area contributed by atoms with E-state index >= 15 is 0 Å². The van der Waals surface area contributed by atoms with Crippen molar-refractivity contribution in [3.63, 3.8) is 0 Å². The number of ether oxygens (including phenoxy) is 1. The number of morpholine rings is 1. The Morgan fingerprint density at radius 2 is 2.10 bits per heavy atom. The largest absolute Gasteiger partial charge is 0.378 e. The molecule has 2 aromatic heterocycles. The molecule has 0 saturated carbocycles. The monoisotopic (exact) mass is 305 g/mol. The molecule has 0 aliphatic carbocycles. The second-order valence-corrected chi connectivity index (χ2v) is 6.76. The van der Waals surface area contributed by atoms with Crippen LogP contribution in [0.3, 0.4) is 0 Å². The van der Waals surface area contributed by atoms with Crippen LogP contribution < -0.4 is 10.5 Å². The number of fused-ring (bicyclic) bond motifs is 3. The zero-order valence-electron chi connectivity index (χ0n) is 12.1. The molecular formula is C14H19N5OS. The number of nitrogens with one attached hydrogen (secondary N) is 1. The lowest BCUT2D eigenvalue weighted by Crippen LogP contribution is -2.48. The van der Waals surface area contributed by atoms with Crippen molar-refractivity contribution in [2.75, 3.05) is 44.9 Å². The average molecular weight is 305 g/mol. The van der Waals surface area contributed by atoms with E-state index in [-0.39, 0.29) is 0 Å². The Morgan fingerprint density at radius 1 is 1.29 bits per heavy atom. The van der Waals surface area contributed by atoms with Crippen LogP contribution in [0.2, 0.25) is 0 Å². The Bertz CT molecular complexity index is 731. The van der Waals surface area contributed by atoms with Gasteiger partial charge in [-0.3, -0.25) is 5.41 Å². The quantitative estimate of drug-likeness (QED) is 0.835. The molecule has 21 heavy (non-hydrogen) atoms. The van der Waals surface area contributed by atoms with Gasteiger partial charge in [-0.15, -0.1) is 11.3 Å². The summed E-state index contributed by atoms with van der Waals surface area (Å²) in [7, 11) is 2.15. The first-order valence-corrected chi connectivity index (χ1v) is 8.13. The summed E-state index contributed by atoms with van der Waals surface area (Å²) >= 11 is 1.74. The van der Waals surface area contributed by atoms with Gasteiger partial charge >= 0.3 is 0 Å². The van der Waals surface area contributed by atoms with E-state index in [9.17, 15) is 0 Å². The number of hydrogen-bond acceptors (Lipinski definition) is 6. The minimum atomic E-state index is 0.573. The number of nitrogens with zero attached hydrogens (tertiary/aromatic N) is 4. The first kappa shape index (κ1) is 13.2. The SMILES string of the molecule is CN1CCc2c(sc3ncn(N4CCOCC4)c(=N)c23)C1. The van der Waals surface area contributed by atoms with Gasteiger partial charge in [-0.25, -0.2) is 9.66 Å². The molecular weight excluding hydrogens is 286 g/mol. The number of likely N-dealkylation sites (N-methyl/N-ethyl adjacent to an activating group) is 1. The van der Waals surface area contributed by atoms with E-state index < -0.39 is 0 Å². The molecule has 1 fully saturated rings. The molecule has 0 aromatic carbocycles. The highest BCUT2D eigenvalue weighted by molar-refractivity contribution is 7.18. The summed E-state index contributed by atoms with van der Waals surface area (Å²) in [5.41, 5.74) is 1.91. The van der Waals surface area contributed by atoms with Crippen LogP contribution >= 0.6 is 11.3 Å². The van der Waals surface area contributed by atoms with Gasteiger partial charge in [0.25, 0.3) is 0 Å². The molecule has 0 amide bonds. The van der Waals surface area contributed by atoms with Gasteiger partial charge in [0.1, 0.15) is 11.2 Å². The molecule has 0 unspecified atom stereocenters. The van der Waals surface area contributed by atoms with E-state index in [4.69, 9.17) is 10.1 Å². The van der Waals surface area contributed by atoms with Crippen molar-refractivity contribution in [1.82, 2.24) is 14.6 Å². The van der Waals surface area contributed by atoms with E-state index in [0.29, 0.717) is 5.49 Å². The van der Waals surface area contributed by atoms with Crippen molar-refractivity contribution in [2.24, 2.45) is 0 Å². The van der Waals surface area contributed by atoms with Crippen molar-refractivity contribution in [2.45, 2.75) is 13.0 Å². The van der Waals surface area contributed by atoms with E-state index in [2.05, 4.69) is 21.9 Å². The van der Waals surface area contributed by atoms with Crippen LogP contribution in [-0.2, 0) is 17.7 Å². The third-order valence-corrected chi connectivity index (χ3v) is 5.40. The van der Waals surface area contributed by atoms with Crippen molar-refractivity contribution in [1.29, 1.82) is 5.41 Å². The summed E-state index contributed by atoms with van der Waals surface area (Å²) in [5, 5.41) is 11.8. The van der Waals surface area contributed by atoms with Crippen LogP contribution in [0.1, 0.15) is 10.4 Å². The number of hydrogen-bond donors (Lipinski definition) is 1. The van der Waals surface area contributed by atoms with E-state index in [1.54, 1.807) is 17.7 Å². The van der Waals surface area contributed by atoms with Gasteiger partial charge in [0.05, 0.1) is 31.7 Å². The highest BCUT2D eigenvalue weighted by Crippen LogP contribution is 2.31. The van der Waals surface area contributed by atoms with Gasteiger partial charge in [0.2, 0.25) is 0 Å². The van der Waals surface area contributed by atoms with Gasteiger partial charge in [-0.2, -0.15) is 0 Å². The van der Waals surface area contributed by atoms with Gasteiger partial charge in [0.15, 0.2) is 5.49 Å². The zero-order chi connectivity index (χ0) is 14.4. The van der Waals surface area contributed by atoms with Crippen LogP contribution in [0, 0.1) is 5.41 Å². The minimum Gasteiger partial charge on any atom is -0.378 e. The van der Waals surface area contributed by atoms with Crippen molar-refractivity contribution in [3.8, 4) is 0 Å². The standard InChI is InChI=1S/C14H19N5OS/c1-17-3-2-10-11(8-17)21-14-12(10)13(15)19(9-16-14)18-4-6-20-7-5-18/h9,15H,2-8H2,1H3. The highest BCUT2D eigenvalue weighted by atomic mass is 32.1. The van der Waals surface area contributed by atoms with E-state index in [1.807, 2.05) is 4.68 Å². The van der Waals surface area contributed by atoms with Crippen molar-refractivity contribution < 1.29 is 4.74 Å². The van der Waals surface area contributed by atoms with E-state index in [1.165, 1.54) is 10.4 Å². The number of thiophene rings is 1. The molecule has 0 radical (unpaired) electrons. The van der Waals surface area contributed by atoms with Crippen LogP contribution in [0.25, 0.3) is 10.2 Å². The number of rotatable bonds is 1. The molecule has 0 bridgehead atoms. The smallest absolute Gasteiger partial charge is 0.156 e. The molecule has 4 heterocycles. The topological polar surface area (TPSA) is 57.4 Å². The lowest BCUT2D eigenvalue weighted by atomic mass is 10.1. The summed E-state index contributed by atoms with van der Waals surface area (Å²) in [5.74, 6) is 0. The summed E-state index contributed by atoms with van der Waals surface area (Å²) in [6.07, 6.45) is 2.81. The average Bonchev–Trinajstić information content (AvgIpc) is 2.86. The Kier molecular flexibility index (Phi) is 3.20. The molecule has 6 nitrogen and oxygen atoms in total. The Labute approximate surface area is 127 Å². The molecule has 1 saturated heterocycles. The lowest BCUT2D eigenvalue weighted by molar-refractivity contribution is 0.110. The maximum atomic E-state index is 8.62. The van der Waals surface area contributed by atoms with Gasteiger partial charge in [-0.1, -0.05) is 0 Å². The maximum absolute atomic E-state index is 8.62. The summed E-state index contributed by atoms with van der Waals surface area (Å²) < 4.78 is 7.29. The number of aromatic nitrogens is 2. The van der Waals surface area contributed by atoms with Crippen molar-refractivity contribution in [3.05, 3.63) is 22.3 Å². The molecule has 7 heteroatoms. The molecule has 112 valence electrons.